The first-order chi connectivity index (χ1) is 9.35. The molecule has 20 heavy (non-hydrogen) atoms. The van der Waals surface area contributed by atoms with E-state index in [1.807, 2.05) is 11.6 Å². The summed E-state index contributed by atoms with van der Waals surface area (Å²) in [7, 11) is 1.94. The van der Waals surface area contributed by atoms with E-state index in [1.165, 1.54) is 5.56 Å². The van der Waals surface area contributed by atoms with Crippen LogP contribution in [0.2, 0.25) is 0 Å². The van der Waals surface area contributed by atoms with Gasteiger partial charge in [-0.2, -0.15) is 0 Å². The van der Waals surface area contributed by atoms with Crippen LogP contribution in [0.25, 0.3) is 0 Å². The molecular formula is C14H19BrN4S. The van der Waals surface area contributed by atoms with Crippen LogP contribution in [0.4, 0.5) is 0 Å². The maximum Gasteiger partial charge on any atom is 0.195 e. The Kier molecular flexibility index (Phi) is 4.88. The van der Waals surface area contributed by atoms with Gasteiger partial charge in [0.2, 0.25) is 0 Å². The molecule has 0 radical (unpaired) electrons. The Bertz CT molecular complexity index is 589. The maximum atomic E-state index is 4.09. The van der Waals surface area contributed by atoms with Crippen LogP contribution in [0.3, 0.4) is 0 Å². The van der Waals surface area contributed by atoms with E-state index in [-0.39, 0.29) is 5.54 Å². The number of hydrogen-bond acceptors (Lipinski definition) is 4. The first kappa shape index (κ1) is 15.5. The van der Waals surface area contributed by atoms with Crippen LogP contribution in [-0.2, 0) is 13.6 Å². The lowest BCUT2D eigenvalue weighted by atomic mass is 10.1. The third kappa shape index (κ3) is 4.33. The summed E-state index contributed by atoms with van der Waals surface area (Å²) < 4.78 is 2.99. The largest absolute Gasteiger partial charge is 0.311 e. The van der Waals surface area contributed by atoms with Crippen molar-refractivity contribution in [2.75, 3.05) is 0 Å². The van der Waals surface area contributed by atoms with Crippen LogP contribution in [0.1, 0.15) is 26.3 Å². The van der Waals surface area contributed by atoms with E-state index in [1.54, 1.807) is 18.1 Å². The second-order valence-corrected chi connectivity index (χ2v) is 7.56. The number of benzene rings is 1. The van der Waals surface area contributed by atoms with E-state index < -0.39 is 0 Å². The molecule has 1 aromatic carbocycles. The van der Waals surface area contributed by atoms with Crippen LogP contribution in [-0.4, -0.2) is 20.3 Å². The van der Waals surface area contributed by atoms with Crippen LogP contribution >= 0.6 is 27.7 Å². The minimum absolute atomic E-state index is 0.124. The molecule has 0 aliphatic heterocycles. The molecule has 108 valence electrons. The fourth-order valence-corrected chi connectivity index (χ4v) is 3.00. The minimum atomic E-state index is 0.124. The highest BCUT2D eigenvalue weighted by molar-refractivity contribution is 9.10. The number of nitrogens with zero attached hydrogens (tertiary/aromatic N) is 3. The molecule has 0 fully saturated rings. The highest BCUT2D eigenvalue weighted by atomic mass is 79.9. The minimum Gasteiger partial charge on any atom is -0.311 e. The molecule has 1 aromatic heterocycles. The SMILES string of the molecule is Cn1cnnc1Sc1ccc(CNC(C)(C)C)cc1Br. The van der Waals surface area contributed by atoms with Crippen LogP contribution in [0.15, 0.2) is 39.1 Å². The van der Waals surface area contributed by atoms with Crippen molar-refractivity contribution in [3.05, 3.63) is 34.6 Å². The monoisotopic (exact) mass is 354 g/mol. The molecule has 0 saturated carbocycles. The van der Waals surface area contributed by atoms with Crippen LogP contribution in [0.5, 0.6) is 0 Å². The van der Waals surface area contributed by atoms with Crippen LogP contribution < -0.4 is 5.32 Å². The first-order valence-electron chi connectivity index (χ1n) is 6.40. The smallest absolute Gasteiger partial charge is 0.195 e. The summed E-state index contributed by atoms with van der Waals surface area (Å²) in [5.74, 6) is 0. The number of aromatic nitrogens is 3. The molecule has 2 rings (SSSR count). The zero-order chi connectivity index (χ0) is 14.8. The zero-order valence-corrected chi connectivity index (χ0v) is 14.5. The van der Waals surface area contributed by atoms with Gasteiger partial charge in [-0.3, -0.25) is 0 Å². The molecule has 0 atom stereocenters. The average Bonchev–Trinajstić information content (AvgIpc) is 2.75. The van der Waals surface area contributed by atoms with Crippen molar-refractivity contribution < 1.29 is 0 Å². The lowest BCUT2D eigenvalue weighted by Crippen LogP contribution is -2.35. The van der Waals surface area contributed by atoms with Crippen molar-refractivity contribution in [3.8, 4) is 0 Å². The lowest BCUT2D eigenvalue weighted by molar-refractivity contribution is 0.424. The van der Waals surface area contributed by atoms with Crippen molar-refractivity contribution in [3.63, 3.8) is 0 Å². The predicted molar refractivity (Wildman–Crippen MR) is 85.9 cm³/mol. The summed E-state index contributed by atoms with van der Waals surface area (Å²) in [5.41, 5.74) is 1.38. The summed E-state index contributed by atoms with van der Waals surface area (Å²) in [6, 6.07) is 6.41. The molecule has 0 amide bonds. The van der Waals surface area contributed by atoms with E-state index in [0.717, 1.165) is 21.1 Å². The number of halogens is 1. The summed E-state index contributed by atoms with van der Waals surface area (Å²) in [6.07, 6.45) is 1.71. The number of rotatable bonds is 4. The second-order valence-electron chi connectivity index (χ2n) is 5.69. The van der Waals surface area contributed by atoms with Crippen molar-refractivity contribution in [2.24, 2.45) is 7.05 Å². The molecule has 0 saturated heterocycles. The molecule has 0 spiro atoms. The van der Waals surface area contributed by atoms with Gasteiger partial charge in [-0.1, -0.05) is 6.07 Å². The molecule has 1 heterocycles. The summed E-state index contributed by atoms with van der Waals surface area (Å²) in [6.45, 7) is 7.36. The average molecular weight is 355 g/mol. The summed E-state index contributed by atoms with van der Waals surface area (Å²) >= 11 is 5.23. The molecule has 1 N–H and O–H groups in total. The lowest BCUT2D eigenvalue weighted by Gasteiger charge is -2.20. The van der Waals surface area contributed by atoms with Gasteiger partial charge in [-0.05, 0) is 66.2 Å². The Morgan fingerprint density at radius 2 is 2.10 bits per heavy atom. The summed E-state index contributed by atoms with van der Waals surface area (Å²) in [4.78, 5) is 1.14. The number of nitrogens with one attached hydrogen (secondary N) is 1. The van der Waals surface area contributed by atoms with E-state index in [2.05, 4.69) is 70.4 Å². The van der Waals surface area contributed by atoms with Gasteiger partial charge in [-0.15, -0.1) is 10.2 Å². The fourth-order valence-electron chi connectivity index (χ4n) is 1.57. The molecule has 0 unspecified atom stereocenters. The van der Waals surface area contributed by atoms with Crippen molar-refractivity contribution in [1.82, 2.24) is 20.1 Å². The molecule has 2 aromatic rings. The standard InChI is InChI=1S/C14H19BrN4S/c1-14(2,3)16-8-10-5-6-12(11(15)7-10)20-13-18-17-9-19(13)4/h5-7,9,16H,8H2,1-4H3. The van der Waals surface area contributed by atoms with E-state index >= 15 is 0 Å². The molecule has 4 nitrogen and oxygen atoms in total. The molecule has 0 aliphatic rings. The molecule has 0 aliphatic carbocycles. The van der Waals surface area contributed by atoms with Gasteiger partial charge in [0.15, 0.2) is 5.16 Å². The zero-order valence-electron chi connectivity index (χ0n) is 12.1. The van der Waals surface area contributed by atoms with Crippen molar-refractivity contribution in [2.45, 2.75) is 42.9 Å². The van der Waals surface area contributed by atoms with E-state index in [9.17, 15) is 0 Å². The first-order valence-corrected chi connectivity index (χ1v) is 8.01. The molecular weight excluding hydrogens is 336 g/mol. The third-order valence-corrected chi connectivity index (χ3v) is 4.74. The normalized spacial score (nSPS) is 11.8. The van der Waals surface area contributed by atoms with Crippen molar-refractivity contribution >= 4 is 27.7 Å². The predicted octanol–water partition coefficient (Wildman–Crippen LogP) is 3.62. The Hall–Kier alpha value is -0.850. The van der Waals surface area contributed by atoms with Crippen LogP contribution in [0, 0.1) is 0 Å². The van der Waals surface area contributed by atoms with Gasteiger partial charge in [0, 0.05) is 28.5 Å². The summed E-state index contributed by atoms with van der Waals surface area (Å²) in [5, 5.41) is 12.3. The number of hydrogen-bond donors (Lipinski definition) is 1. The van der Waals surface area contributed by atoms with Gasteiger partial charge in [0.05, 0.1) is 0 Å². The van der Waals surface area contributed by atoms with Gasteiger partial charge < -0.3 is 9.88 Å². The van der Waals surface area contributed by atoms with Gasteiger partial charge in [-0.25, -0.2) is 0 Å². The van der Waals surface area contributed by atoms with E-state index in [4.69, 9.17) is 0 Å². The third-order valence-electron chi connectivity index (χ3n) is 2.69. The fraction of sp³-hybridized carbons (Fsp3) is 0.429. The van der Waals surface area contributed by atoms with Crippen molar-refractivity contribution in [1.29, 1.82) is 0 Å². The Morgan fingerprint density at radius 1 is 1.35 bits per heavy atom. The molecule has 0 bridgehead atoms. The molecule has 6 heteroatoms. The quantitative estimate of drug-likeness (QED) is 0.910. The topological polar surface area (TPSA) is 42.7 Å². The Labute approximate surface area is 132 Å². The van der Waals surface area contributed by atoms with Gasteiger partial charge in [0.1, 0.15) is 6.33 Å². The Balaban J connectivity index is 2.08. The van der Waals surface area contributed by atoms with Gasteiger partial charge >= 0.3 is 0 Å². The second kappa shape index (κ2) is 6.28. The Morgan fingerprint density at radius 3 is 2.65 bits per heavy atom. The number of aryl methyl sites for hydroxylation is 1. The van der Waals surface area contributed by atoms with Gasteiger partial charge in [0.25, 0.3) is 0 Å². The maximum absolute atomic E-state index is 4.09. The highest BCUT2D eigenvalue weighted by Gasteiger charge is 2.10. The van der Waals surface area contributed by atoms with E-state index in [0.29, 0.717) is 0 Å². The highest BCUT2D eigenvalue weighted by Crippen LogP contribution is 2.32.